The molecule has 7 heteroatoms. The van der Waals surface area contributed by atoms with Crippen LogP contribution < -0.4 is 5.32 Å². The monoisotopic (exact) mass is 440 g/mol. The third-order valence-corrected chi connectivity index (χ3v) is 5.85. The molecule has 0 aliphatic heterocycles. The standard InChI is InChI=1S/C24H25ClN2O4/c25-18-12-10-17(11-13-18)22(23(28)26-19-6-2-1-3-7-19)27(16-20-8-4-14-30-20)24(29)21-9-5-15-31-21/h4-5,8-15,19,22H,1-3,6-7,16H2,(H,26,28). The van der Waals surface area contributed by atoms with Crippen molar-refractivity contribution >= 4 is 23.4 Å². The number of furan rings is 2. The number of hydrogen-bond donors (Lipinski definition) is 1. The molecular formula is C24H25ClN2O4. The first-order valence-electron chi connectivity index (χ1n) is 10.5. The van der Waals surface area contributed by atoms with Gasteiger partial charge in [0.15, 0.2) is 5.76 Å². The molecule has 1 saturated carbocycles. The normalized spacial score (nSPS) is 15.4. The third kappa shape index (κ3) is 5.20. The fraction of sp³-hybridized carbons (Fsp3) is 0.333. The van der Waals surface area contributed by atoms with Gasteiger partial charge in [-0.25, -0.2) is 0 Å². The highest BCUT2D eigenvalue weighted by atomic mass is 35.5. The number of hydrogen-bond acceptors (Lipinski definition) is 4. The number of rotatable bonds is 7. The summed E-state index contributed by atoms with van der Waals surface area (Å²) in [7, 11) is 0. The molecule has 0 bridgehead atoms. The Morgan fingerprint density at radius 3 is 2.35 bits per heavy atom. The lowest BCUT2D eigenvalue weighted by atomic mass is 9.94. The van der Waals surface area contributed by atoms with Crippen molar-refractivity contribution in [3.8, 4) is 0 Å². The smallest absolute Gasteiger partial charge is 0.290 e. The van der Waals surface area contributed by atoms with Crippen molar-refractivity contribution in [2.45, 2.75) is 50.7 Å². The van der Waals surface area contributed by atoms with Crippen molar-refractivity contribution in [2.75, 3.05) is 0 Å². The van der Waals surface area contributed by atoms with Crippen LogP contribution in [0, 0.1) is 0 Å². The van der Waals surface area contributed by atoms with Gasteiger partial charge < -0.3 is 19.1 Å². The second kappa shape index (κ2) is 9.88. The van der Waals surface area contributed by atoms with Gasteiger partial charge in [-0.2, -0.15) is 0 Å². The van der Waals surface area contributed by atoms with Gasteiger partial charge >= 0.3 is 0 Å². The lowest BCUT2D eigenvalue weighted by Crippen LogP contribution is -2.46. The average molecular weight is 441 g/mol. The quantitative estimate of drug-likeness (QED) is 0.536. The van der Waals surface area contributed by atoms with E-state index in [0.717, 1.165) is 25.7 Å². The van der Waals surface area contributed by atoms with Crippen LogP contribution in [0.1, 0.15) is 60.0 Å². The van der Waals surface area contributed by atoms with E-state index in [2.05, 4.69) is 5.32 Å². The third-order valence-electron chi connectivity index (χ3n) is 5.60. The summed E-state index contributed by atoms with van der Waals surface area (Å²) in [5.74, 6) is 0.126. The zero-order valence-electron chi connectivity index (χ0n) is 17.1. The van der Waals surface area contributed by atoms with E-state index in [0.29, 0.717) is 16.3 Å². The van der Waals surface area contributed by atoms with Gasteiger partial charge in [0.25, 0.3) is 5.91 Å². The molecule has 2 amide bonds. The predicted octanol–water partition coefficient (Wildman–Crippen LogP) is 5.36. The fourth-order valence-electron chi connectivity index (χ4n) is 4.04. The molecule has 0 spiro atoms. The summed E-state index contributed by atoms with van der Waals surface area (Å²) < 4.78 is 10.8. The molecule has 4 rings (SSSR count). The van der Waals surface area contributed by atoms with E-state index in [4.69, 9.17) is 20.4 Å². The molecule has 1 atom stereocenters. The van der Waals surface area contributed by atoms with Crippen molar-refractivity contribution in [2.24, 2.45) is 0 Å². The van der Waals surface area contributed by atoms with Crippen molar-refractivity contribution in [3.63, 3.8) is 0 Å². The van der Waals surface area contributed by atoms with E-state index in [9.17, 15) is 9.59 Å². The Kier molecular flexibility index (Phi) is 6.77. The highest BCUT2D eigenvalue weighted by Crippen LogP contribution is 2.28. The number of nitrogens with zero attached hydrogens (tertiary/aromatic N) is 1. The molecule has 1 fully saturated rings. The summed E-state index contributed by atoms with van der Waals surface area (Å²) in [6.07, 6.45) is 8.26. The highest BCUT2D eigenvalue weighted by Gasteiger charge is 2.35. The van der Waals surface area contributed by atoms with E-state index in [-0.39, 0.29) is 30.2 Å². The number of halogens is 1. The summed E-state index contributed by atoms with van der Waals surface area (Å²) in [6, 6.07) is 13.0. The van der Waals surface area contributed by atoms with Crippen molar-refractivity contribution in [1.82, 2.24) is 10.2 Å². The Hall–Kier alpha value is -2.99. The average Bonchev–Trinajstić information content (AvgIpc) is 3.49. The maximum atomic E-state index is 13.5. The van der Waals surface area contributed by atoms with E-state index < -0.39 is 6.04 Å². The van der Waals surface area contributed by atoms with Gasteiger partial charge in [0.05, 0.1) is 19.1 Å². The molecule has 1 aliphatic carbocycles. The van der Waals surface area contributed by atoms with Gasteiger partial charge in [-0.05, 0) is 54.8 Å². The fourth-order valence-corrected chi connectivity index (χ4v) is 4.16. The molecular weight excluding hydrogens is 416 g/mol. The number of amides is 2. The van der Waals surface area contributed by atoms with Crippen LogP contribution in [0.15, 0.2) is 69.9 Å². The molecule has 2 heterocycles. The molecule has 6 nitrogen and oxygen atoms in total. The number of carbonyl (C=O) groups is 2. The van der Waals surface area contributed by atoms with Crippen LogP contribution >= 0.6 is 11.6 Å². The number of benzene rings is 1. The Morgan fingerprint density at radius 1 is 1.00 bits per heavy atom. The lowest BCUT2D eigenvalue weighted by Gasteiger charge is -2.32. The van der Waals surface area contributed by atoms with E-state index in [1.165, 1.54) is 17.6 Å². The zero-order chi connectivity index (χ0) is 21.6. The van der Waals surface area contributed by atoms with E-state index in [1.54, 1.807) is 54.8 Å². The Balaban J connectivity index is 1.70. The lowest BCUT2D eigenvalue weighted by molar-refractivity contribution is -0.127. The minimum absolute atomic E-state index is 0.111. The molecule has 1 unspecified atom stereocenters. The number of nitrogens with one attached hydrogen (secondary N) is 1. The first kappa shape index (κ1) is 21.2. The molecule has 1 N–H and O–H groups in total. The van der Waals surface area contributed by atoms with Crippen LogP contribution in [0.5, 0.6) is 0 Å². The maximum Gasteiger partial charge on any atom is 0.290 e. The Bertz CT molecular complexity index is 977. The molecule has 162 valence electrons. The maximum absolute atomic E-state index is 13.5. The molecule has 1 aliphatic rings. The highest BCUT2D eigenvalue weighted by molar-refractivity contribution is 6.30. The number of carbonyl (C=O) groups excluding carboxylic acids is 2. The van der Waals surface area contributed by atoms with Crippen LogP contribution in [-0.4, -0.2) is 22.8 Å². The van der Waals surface area contributed by atoms with Gasteiger partial charge in [-0.1, -0.05) is 43.0 Å². The Morgan fingerprint density at radius 2 is 1.71 bits per heavy atom. The van der Waals surface area contributed by atoms with Crippen LogP contribution in [0.25, 0.3) is 0 Å². The van der Waals surface area contributed by atoms with Crippen LogP contribution in [0.3, 0.4) is 0 Å². The molecule has 1 aromatic carbocycles. The summed E-state index contributed by atoms with van der Waals surface area (Å²) in [5.41, 5.74) is 0.671. The summed E-state index contributed by atoms with van der Waals surface area (Å²) in [4.78, 5) is 28.4. The second-order valence-corrected chi connectivity index (χ2v) is 8.22. The van der Waals surface area contributed by atoms with Crippen LogP contribution in [-0.2, 0) is 11.3 Å². The SMILES string of the molecule is O=C(NC1CCCCC1)C(c1ccc(Cl)cc1)N(Cc1ccco1)C(=O)c1ccco1. The molecule has 3 aromatic rings. The van der Waals surface area contributed by atoms with Gasteiger partial charge in [0.2, 0.25) is 5.91 Å². The summed E-state index contributed by atoms with van der Waals surface area (Å²) in [6.45, 7) is 0.123. The Labute approximate surface area is 186 Å². The predicted molar refractivity (Wildman–Crippen MR) is 116 cm³/mol. The van der Waals surface area contributed by atoms with Gasteiger partial charge in [0, 0.05) is 11.1 Å². The van der Waals surface area contributed by atoms with E-state index in [1.807, 2.05) is 0 Å². The largest absolute Gasteiger partial charge is 0.467 e. The zero-order valence-corrected chi connectivity index (χ0v) is 17.9. The molecule has 31 heavy (non-hydrogen) atoms. The minimum Gasteiger partial charge on any atom is -0.467 e. The van der Waals surface area contributed by atoms with Crippen molar-refractivity contribution in [3.05, 3.63) is 83.2 Å². The summed E-state index contributed by atoms with van der Waals surface area (Å²) >= 11 is 6.08. The summed E-state index contributed by atoms with van der Waals surface area (Å²) in [5, 5.41) is 3.73. The van der Waals surface area contributed by atoms with Crippen LogP contribution in [0.2, 0.25) is 5.02 Å². The first-order valence-corrected chi connectivity index (χ1v) is 10.9. The van der Waals surface area contributed by atoms with Crippen LogP contribution in [0.4, 0.5) is 0 Å². The topological polar surface area (TPSA) is 75.7 Å². The van der Waals surface area contributed by atoms with Crippen molar-refractivity contribution < 1.29 is 18.4 Å². The van der Waals surface area contributed by atoms with Crippen molar-refractivity contribution in [1.29, 1.82) is 0 Å². The molecule has 0 saturated heterocycles. The van der Waals surface area contributed by atoms with Gasteiger partial charge in [0.1, 0.15) is 11.8 Å². The molecule has 0 radical (unpaired) electrons. The second-order valence-electron chi connectivity index (χ2n) is 7.79. The first-order chi connectivity index (χ1) is 15.1. The van der Waals surface area contributed by atoms with Gasteiger partial charge in [-0.15, -0.1) is 0 Å². The minimum atomic E-state index is -0.859. The van der Waals surface area contributed by atoms with Gasteiger partial charge in [-0.3, -0.25) is 9.59 Å². The van der Waals surface area contributed by atoms with E-state index >= 15 is 0 Å². The molecule has 2 aromatic heterocycles.